The molecule has 30 heavy (non-hydrogen) atoms. The average molecular weight is 433 g/mol. The van der Waals surface area contributed by atoms with E-state index in [9.17, 15) is 8.78 Å². The molecule has 4 rings (SSSR count). The first-order chi connectivity index (χ1) is 14.1. The van der Waals surface area contributed by atoms with Gasteiger partial charge in [-0.15, -0.1) is 12.4 Å². The minimum atomic E-state index is -0.541. The Hall–Kier alpha value is -2.84. The van der Waals surface area contributed by atoms with E-state index in [0.717, 1.165) is 50.2 Å². The Morgan fingerprint density at radius 2 is 1.63 bits per heavy atom. The van der Waals surface area contributed by atoms with Gasteiger partial charge in [0.05, 0.1) is 5.69 Å². The Balaban J connectivity index is 0.00000256. The summed E-state index contributed by atoms with van der Waals surface area (Å²) < 4.78 is 28.7. The van der Waals surface area contributed by atoms with Gasteiger partial charge in [0.2, 0.25) is 5.95 Å². The maximum absolute atomic E-state index is 13.4. The molecule has 158 valence electrons. The van der Waals surface area contributed by atoms with Crippen molar-refractivity contribution >= 4 is 24.2 Å². The maximum Gasteiger partial charge on any atom is 0.235 e. The van der Waals surface area contributed by atoms with Crippen LogP contribution in [0.2, 0.25) is 0 Å². The molecule has 0 atom stereocenters. The summed E-state index contributed by atoms with van der Waals surface area (Å²) in [5.74, 6) is -0.482. The van der Waals surface area contributed by atoms with E-state index in [0.29, 0.717) is 11.6 Å². The van der Waals surface area contributed by atoms with Crippen LogP contribution in [0.4, 0.5) is 14.5 Å². The molecule has 3 aromatic rings. The predicted molar refractivity (Wildman–Crippen MR) is 115 cm³/mol. The van der Waals surface area contributed by atoms with Crippen LogP contribution in [0.1, 0.15) is 11.4 Å². The van der Waals surface area contributed by atoms with E-state index in [1.807, 2.05) is 22.5 Å². The molecule has 0 amide bonds. The number of imidazole rings is 1. The number of anilines is 1. The zero-order valence-electron chi connectivity index (χ0n) is 16.6. The number of aromatic nitrogens is 4. The standard InChI is InChI=1S/C21H22F2N6.ClH/c1-16-20(26-15-29(16)21-24-5-3-6-25-21)4-2-7-27-8-10-28(11-9-27)19-13-17(22)12-18(23)14-19;/h2-6,12-15H,7-11H2,1H3;1H/b4-2+;. The molecule has 0 saturated carbocycles. The molecule has 0 spiro atoms. The van der Waals surface area contributed by atoms with Crippen LogP contribution in [0.15, 0.2) is 49.1 Å². The Morgan fingerprint density at radius 3 is 2.30 bits per heavy atom. The van der Waals surface area contributed by atoms with Crippen molar-refractivity contribution in [1.29, 1.82) is 0 Å². The summed E-state index contributed by atoms with van der Waals surface area (Å²) >= 11 is 0. The van der Waals surface area contributed by atoms with E-state index in [1.165, 1.54) is 12.1 Å². The highest BCUT2D eigenvalue weighted by Gasteiger charge is 2.17. The first-order valence-corrected chi connectivity index (χ1v) is 9.51. The summed E-state index contributed by atoms with van der Waals surface area (Å²) in [6.45, 7) is 5.90. The fourth-order valence-corrected chi connectivity index (χ4v) is 3.43. The second-order valence-corrected chi connectivity index (χ2v) is 6.95. The van der Waals surface area contributed by atoms with Gasteiger partial charge in [0, 0.05) is 62.6 Å². The number of hydrogen-bond acceptors (Lipinski definition) is 5. The quantitative estimate of drug-likeness (QED) is 0.617. The Labute approximate surface area is 180 Å². The molecule has 0 bridgehead atoms. The number of rotatable bonds is 5. The molecule has 0 N–H and O–H groups in total. The minimum absolute atomic E-state index is 0. The number of piperazine rings is 1. The van der Waals surface area contributed by atoms with Gasteiger partial charge < -0.3 is 4.90 Å². The van der Waals surface area contributed by atoms with Gasteiger partial charge in [-0.2, -0.15) is 0 Å². The second-order valence-electron chi connectivity index (χ2n) is 6.95. The molecule has 0 unspecified atom stereocenters. The van der Waals surface area contributed by atoms with Gasteiger partial charge in [-0.1, -0.05) is 6.08 Å². The molecule has 0 radical (unpaired) electrons. The van der Waals surface area contributed by atoms with E-state index in [2.05, 4.69) is 25.9 Å². The molecular formula is C21H23ClF2N6. The van der Waals surface area contributed by atoms with Crippen LogP contribution in [0.25, 0.3) is 12.0 Å². The normalized spacial score (nSPS) is 14.8. The van der Waals surface area contributed by atoms with Gasteiger partial charge in [0.1, 0.15) is 18.0 Å². The molecule has 1 aromatic carbocycles. The zero-order chi connectivity index (χ0) is 20.2. The third kappa shape index (κ3) is 5.01. The predicted octanol–water partition coefficient (Wildman–Crippen LogP) is 3.51. The molecule has 0 aliphatic carbocycles. The van der Waals surface area contributed by atoms with Crippen molar-refractivity contribution in [3.05, 3.63) is 72.1 Å². The molecule has 6 nitrogen and oxygen atoms in total. The number of nitrogens with zero attached hydrogens (tertiary/aromatic N) is 6. The van der Waals surface area contributed by atoms with Gasteiger partial charge in [0.15, 0.2) is 0 Å². The third-order valence-corrected chi connectivity index (χ3v) is 5.04. The molecule has 3 heterocycles. The third-order valence-electron chi connectivity index (χ3n) is 5.04. The lowest BCUT2D eigenvalue weighted by Gasteiger charge is -2.35. The first kappa shape index (κ1) is 21.9. The summed E-state index contributed by atoms with van der Waals surface area (Å²) in [6.07, 6.45) is 9.22. The van der Waals surface area contributed by atoms with E-state index in [-0.39, 0.29) is 12.4 Å². The molecule has 1 aliphatic heterocycles. The zero-order valence-corrected chi connectivity index (χ0v) is 17.4. The summed E-state index contributed by atoms with van der Waals surface area (Å²) in [7, 11) is 0. The van der Waals surface area contributed by atoms with Gasteiger partial charge in [-0.05, 0) is 31.2 Å². The monoisotopic (exact) mass is 432 g/mol. The van der Waals surface area contributed by atoms with Crippen molar-refractivity contribution in [3.63, 3.8) is 0 Å². The summed E-state index contributed by atoms with van der Waals surface area (Å²) in [6, 6.07) is 5.45. The van der Waals surface area contributed by atoms with Crippen molar-refractivity contribution in [3.8, 4) is 5.95 Å². The number of hydrogen-bond donors (Lipinski definition) is 0. The van der Waals surface area contributed by atoms with Crippen LogP contribution in [0.5, 0.6) is 0 Å². The van der Waals surface area contributed by atoms with E-state index in [1.54, 1.807) is 24.8 Å². The second kappa shape index (κ2) is 9.77. The van der Waals surface area contributed by atoms with E-state index in [4.69, 9.17) is 0 Å². The SMILES string of the molecule is Cc1c(/C=C/CN2CCN(c3cc(F)cc(F)c3)CC2)ncn1-c1ncccn1.Cl. The minimum Gasteiger partial charge on any atom is -0.369 e. The Morgan fingerprint density at radius 1 is 0.967 bits per heavy atom. The molecule has 2 aromatic heterocycles. The summed E-state index contributed by atoms with van der Waals surface area (Å²) in [5, 5.41) is 0. The van der Waals surface area contributed by atoms with E-state index >= 15 is 0 Å². The highest BCUT2D eigenvalue weighted by atomic mass is 35.5. The first-order valence-electron chi connectivity index (χ1n) is 9.51. The van der Waals surface area contributed by atoms with Crippen LogP contribution in [0, 0.1) is 18.6 Å². The fourth-order valence-electron chi connectivity index (χ4n) is 3.43. The molecule has 1 aliphatic rings. The van der Waals surface area contributed by atoms with Gasteiger partial charge in [-0.25, -0.2) is 23.7 Å². The largest absolute Gasteiger partial charge is 0.369 e. The smallest absolute Gasteiger partial charge is 0.235 e. The van der Waals surface area contributed by atoms with E-state index < -0.39 is 11.6 Å². The summed E-state index contributed by atoms with van der Waals surface area (Å²) in [5.41, 5.74) is 2.46. The van der Waals surface area contributed by atoms with Crippen LogP contribution >= 0.6 is 12.4 Å². The van der Waals surface area contributed by atoms with Crippen molar-refractivity contribution in [2.45, 2.75) is 6.92 Å². The van der Waals surface area contributed by atoms with Crippen molar-refractivity contribution in [1.82, 2.24) is 24.4 Å². The lowest BCUT2D eigenvalue weighted by Crippen LogP contribution is -2.46. The van der Waals surface area contributed by atoms with Crippen LogP contribution in [0.3, 0.4) is 0 Å². The molecule has 9 heteroatoms. The molecule has 1 fully saturated rings. The topological polar surface area (TPSA) is 50.1 Å². The molecule has 1 saturated heterocycles. The highest BCUT2D eigenvalue weighted by Crippen LogP contribution is 2.19. The van der Waals surface area contributed by atoms with Gasteiger partial charge >= 0.3 is 0 Å². The van der Waals surface area contributed by atoms with Gasteiger partial charge in [0.25, 0.3) is 0 Å². The van der Waals surface area contributed by atoms with Crippen LogP contribution in [-0.2, 0) is 0 Å². The average Bonchev–Trinajstić information content (AvgIpc) is 3.09. The lowest BCUT2D eigenvalue weighted by molar-refractivity contribution is 0.284. The Kier molecular flexibility index (Phi) is 7.12. The lowest BCUT2D eigenvalue weighted by atomic mass is 10.2. The summed E-state index contributed by atoms with van der Waals surface area (Å²) in [4.78, 5) is 17.2. The molecular weight excluding hydrogens is 410 g/mol. The van der Waals surface area contributed by atoms with Crippen molar-refractivity contribution in [2.75, 3.05) is 37.6 Å². The highest BCUT2D eigenvalue weighted by molar-refractivity contribution is 5.85. The van der Waals surface area contributed by atoms with Crippen molar-refractivity contribution < 1.29 is 8.78 Å². The fraction of sp³-hybridized carbons (Fsp3) is 0.286. The number of halogens is 3. The van der Waals surface area contributed by atoms with Crippen molar-refractivity contribution in [2.24, 2.45) is 0 Å². The van der Waals surface area contributed by atoms with Crippen LogP contribution < -0.4 is 4.90 Å². The Bertz CT molecular complexity index is 980. The van der Waals surface area contributed by atoms with Crippen LogP contribution in [-0.4, -0.2) is 57.1 Å². The van der Waals surface area contributed by atoms with Gasteiger partial charge in [-0.3, -0.25) is 9.47 Å². The number of benzene rings is 1. The maximum atomic E-state index is 13.4.